The van der Waals surface area contributed by atoms with Gasteiger partial charge in [-0.1, -0.05) is 25.5 Å². The van der Waals surface area contributed by atoms with Crippen molar-refractivity contribution in [2.45, 2.75) is 32.7 Å². The lowest BCUT2D eigenvalue weighted by Gasteiger charge is -2.33. The average molecular weight is 493 g/mol. The molecule has 0 unspecified atom stereocenters. The average Bonchev–Trinajstić information content (AvgIpc) is 3.48. The van der Waals surface area contributed by atoms with Crippen molar-refractivity contribution < 1.29 is 23.5 Å². The Morgan fingerprint density at radius 2 is 1.94 bits per heavy atom. The van der Waals surface area contributed by atoms with Gasteiger partial charge < -0.3 is 19.6 Å². The lowest BCUT2D eigenvalue weighted by Crippen LogP contribution is -2.38. The highest BCUT2D eigenvalue weighted by molar-refractivity contribution is 8.17. The van der Waals surface area contributed by atoms with Gasteiger partial charge in [0, 0.05) is 5.56 Å². The molecule has 180 valence electrons. The molecule has 0 fully saturated rings. The maximum absolute atomic E-state index is 13.1. The van der Waals surface area contributed by atoms with Crippen molar-refractivity contribution in [2.75, 3.05) is 13.7 Å². The van der Waals surface area contributed by atoms with Gasteiger partial charge in [0.05, 0.1) is 30.6 Å². The summed E-state index contributed by atoms with van der Waals surface area (Å²) in [5, 5.41) is 10.1. The molecular weight excluding hydrogens is 468 g/mol. The van der Waals surface area contributed by atoms with Crippen LogP contribution in [0.25, 0.3) is 11.3 Å². The van der Waals surface area contributed by atoms with Crippen molar-refractivity contribution >= 4 is 28.9 Å². The third kappa shape index (κ3) is 4.42. The van der Waals surface area contributed by atoms with Crippen LogP contribution in [0, 0.1) is 11.3 Å². The number of esters is 2. The van der Waals surface area contributed by atoms with E-state index in [1.54, 1.807) is 48.2 Å². The van der Waals surface area contributed by atoms with Crippen molar-refractivity contribution in [1.82, 2.24) is 4.90 Å². The quantitative estimate of drug-likeness (QED) is 0.556. The van der Waals surface area contributed by atoms with E-state index in [0.29, 0.717) is 44.8 Å². The van der Waals surface area contributed by atoms with Gasteiger partial charge in [0.25, 0.3) is 0 Å². The Kier molecular flexibility index (Phi) is 6.98. The second kappa shape index (κ2) is 10.1. The first-order valence-corrected chi connectivity index (χ1v) is 11.9. The van der Waals surface area contributed by atoms with Crippen LogP contribution in [0.15, 0.2) is 67.8 Å². The molecule has 2 aliphatic rings. The number of nitrogens with zero attached hydrogens (tertiary/aromatic N) is 3. The number of ether oxygens (including phenoxy) is 2. The molecule has 35 heavy (non-hydrogen) atoms. The number of thioether (sulfide) groups is 1. The van der Waals surface area contributed by atoms with E-state index < -0.39 is 18.0 Å². The van der Waals surface area contributed by atoms with Crippen LogP contribution in [0.3, 0.4) is 0 Å². The highest BCUT2D eigenvalue weighted by atomic mass is 32.2. The molecule has 1 atom stereocenters. The van der Waals surface area contributed by atoms with Crippen molar-refractivity contribution in [3.05, 3.63) is 69.7 Å². The normalized spacial score (nSPS) is 17.1. The molecule has 0 radical (unpaired) electrons. The number of rotatable bonds is 7. The molecule has 4 rings (SSSR count). The van der Waals surface area contributed by atoms with Crippen molar-refractivity contribution in [3.63, 3.8) is 0 Å². The molecule has 0 bridgehead atoms. The number of fused-ring (bicyclic) bond motifs is 1. The number of carbonyl (C=O) groups excluding carboxylic acids is 2. The van der Waals surface area contributed by atoms with Gasteiger partial charge in [-0.3, -0.25) is 4.90 Å². The van der Waals surface area contributed by atoms with Crippen molar-refractivity contribution in [2.24, 2.45) is 10.7 Å². The summed E-state index contributed by atoms with van der Waals surface area (Å²) in [4.78, 5) is 31.5. The molecule has 3 heterocycles. The lowest BCUT2D eigenvalue weighted by molar-refractivity contribution is -0.139. The molecule has 10 heteroatoms. The molecular formula is C25H24N4O5S. The van der Waals surface area contributed by atoms with E-state index in [-0.39, 0.29) is 12.4 Å². The van der Waals surface area contributed by atoms with E-state index in [9.17, 15) is 14.9 Å². The predicted molar refractivity (Wildman–Crippen MR) is 130 cm³/mol. The zero-order valence-electron chi connectivity index (χ0n) is 19.5. The summed E-state index contributed by atoms with van der Waals surface area (Å²) >= 11 is 1.17. The van der Waals surface area contributed by atoms with Gasteiger partial charge in [-0.05, 0) is 49.4 Å². The summed E-state index contributed by atoms with van der Waals surface area (Å²) in [5.41, 5.74) is 8.40. The van der Waals surface area contributed by atoms with Gasteiger partial charge in [-0.2, -0.15) is 5.26 Å². The number of aliphatic imine (C=N–C) groups is 1. The summed E-state index contributed by atoms with van der Waals surface area (Å²) in [5.74, 6) is 0.256. The summed E-state index contributed by atoms with van der Waals surface area (Å²) in [6, 6.07) is 11.7. The molecule has 0 saturated heterocycles. The Balaban J connectivity index is 1.80. The Hall–Kier alpha value is -3.97. The minimum absolute atomic E-state index is 0.199. The number of benzene rings is 1. The molecule has 0 aliphatic carbocycles. The van der Waals surface area contributed by atoms with Crippen LogP contribution < -0.4 is 5.73 Å². The summed E-state index contributed by atoms with van der Waals surface area (Å²) < 4.78 is 16.3. The van der Waals surface area contributed by atoms with Crippen LogP contribution in [0.5, 0.6) is 0 Å². The molecule has 0 amide bonds. The number of allylic oxidation sites excluding steroid dienone is 2. The molecule has 0 saturated carbocycles. The fraction of sp³-hybridized carbons (Fsp3) is 0.280. The predicted octanol–water partition coefficient (Wildman–Crippen LogP) is 4.46. The zero-order valence-corrected chi connectivity index (χ0v) is 20.3. The Morgan fingerprint density at radius 1 is 1.20 bits per heavy atom. The topological polar surface area (TPSA) is 131 Å². The summed E-state index contributed by atoms with van der Waals surface area (Å²) in [6.07, 6.45) is 1.31. The largest absolute Gasteiger partial charge is 0.465 e. The zero-order chi connectivity index (χ0) is 25.1. The van der Waals surface area contributed by atoms with Gasteiger partial charge in [-0.15, -0.1) is 0 Å². The number of furan rings is 1. The van der Waals surface area contributed by atoms with E-state index in [1.165, 1.54) is 18.9 Å². The van der Waals surface area contributed by atoms with Crippen molar-refractivity contribution in [1.29, 1.82) is 5.26 Å². The van der Waals surface area contributed by atoms with Crippen LogP contribution in [0.4, 0.5) is 0 Å². The van der Waals surface area contributed by atoms with E-state index in [4.69, 9.17) is 19.6 Å². The van der Waals surface area contributed by atoms with Gasteiger partial charge >= 0.3 is 11.9 Å². The van der Waals surface area contributed by atoms with Gasteiger partial charge in [0.1, 0.15) is 34.4 Å². The molecule has 2 aliphatic heterocycles. The summed E-state index contributed by atoms with van der Waals surface area (Å²) in [6.45, 7) is 3.93. The minimum Gasteiger partial charge on any atom is -0.465 e. The second-order valence-corrected chi connectivity index (χ2v) is 8.67. The fourth-order valence-corrected chi connectivity index (χ4v) is 4.84. The number of nitriles is 1. The monoisotopic (exact) mass is 492 g/mol. The van der Waals surface area contributed by atoms with Gasteiger partial charge in [-0.25, -0.2) is 14.6 Å². The first kappa shape index (κ1) is 24.2. The van der Waals surface area contributed by atoms with E-state index in [2.05, 4.69) is 11.1 Å². The number of hydrogen-bond acceptors (Lipinski definition) is 10. The van der Waals surface area contributed by atoms with Crippen LogP contribution in [-0.2, 0) is 14.3 Å². The van der Waals surface area contributed by atoms with Gasteiger partial charge in [0.15, 0.2) is 5.17 Å². The minimum atomic E-state index is -0.746. The third-order valence-corrected chi connectivity index (χ3v) is 6.51. The molecule has 2 N–H and O–H groups in total. The fourth-order valence-electron chi connectivity index (χ4n) is 3.95. The summed E-state index contributed by atoms with van der Waals surface area (Å²) in [7, 11) is 1.33. The number of amidine groups is 1. The Labute approximate surface area is 206 Å². The van der Waals surface area contributed by atoms with Crippen LogP contribution in [-0.4, -0.2) is 35.7 Å². The lowest BCUT2D eigenvalue weighted by atomic mass is 9.97. The van der Waals surface area contributed by atoms with E-state index in [0.717, 1.165) is 12.0 Å². The number of carbonyl (C=O) groups is 2. The number of nitrogens with two attached hydrogens (primary N) is 1. The van der Waals surface area contributed by atoms with Gasteiger partial charge in [0.2, 0.25) is 0 Å². The standard InChI is InChI=1S/C25H24N4O5S/c1-4-6-16-20(24(31)33-5-2)21(29-22(27)19(13-26)35-25(29)28-16)18-12-11-17(34-18)14-7-9-15(10-8-14)23(30)32-3/h7-12,21H,4-6,27H2,1-3H3/t21-/m1/s1. The van der Waals surface area contributed by atoms with E-state index in [1.807, 2.05) is 6.92 Å². The third-order valence-electron chi connectivity index (χ3n) is 5.54. The molecule has 0 spiro atoms. The first-order chi connectivity index (χ1) is 16.9. The Bertz CT molecular complexity index is 1300. The highest BCUT2D eigenvalue weighted by Gasteiger charge is 2.44. The molecule has 2 aromatic rings. The van der Waals surface area contributed by atoms with Crippen LogP contribution in [0.2, 0.25) is 0 Å². The SMILES string of the molecule is CCCC1=C(C(=O)OCC)[C@@H](c2ccc(-c3ccc(C(=O)OC)cc3)o2)N2C(=N1)SC(C#N)=C2N. The van der Waals surface area contributed by atoms with Crippen LogP contribution >= 0.6 is 11.8 Å². The number of hydrogen-bond donors (Lipinski definition) is 1. The van der Waals surface area contributed by atoms with E-state index >= 15 is 0 Å². The Morgan fingerprint density at radius 3 is 2.57 bits per heavy atom. The number of methoxy groups -OCH3 is 1. The van der Waals surface area contributed by atoms with Crippen LogP contribution in [0.1, 0.15) is 48.8 Å². The smallest absolute Gasteiger partial charge is 0.338 e. The maximum atomic E-state index is 13.1. The first-order valence-electron chi connectivity index (χ1n) is 11.1. The molecule has 1 aromatic heterocycles. The second-order valence-electron chi connectivity index (χ2n) is 7.70. The molecule has 1 aromatic carbocycles. The molecule has 9 nitrogen and oxygen atoms in total. The van der Waals surface area contributed by atoms with Crippen molar-refractivity contribution in [3.8, 4) is 17.4 Å². The highest BCUT2D eigenvalue weighted by Crippen LogP contribution is 2.47. The maximum Gasteiger partial charge on any atom is 0.338 e.